The molecule has 0 spiro atoms. The van der Waals surface area contributed by atoms with Crippen LogP contribution in [0.1, 0.15) is 127 Å². The second-order valence-corrected chi connectivity index (χ2v) is 26.6. The molecule has 0 aromatic heterocycles. The second-order valence-electron chi connectivity index (χ2n) is 26.6. The number of carboxylic acids is 1. The number of aliphatic hydroxyl groups is 12. The molecule has 9 aliphatic rings. The standard InChI is InChI=1S/C55H90O22/c1-23-32(58)36(62)44(45(67)71-23)77-48-40(66)42(33(59)24(2)72-48)75-47-39(65)37(63)43(76-46-38(64)35(61)34(60)28(21-56)73-46)41(74-47)25(3)70-31-13-14-51(6)29(52(31,7)22-57)12-15-54(9)30(51)11-10-26-27-20-50(4,5)16-18-55(27,49(68)69)19-17-53(26,54)8/h10,23-25,27-48,56-67H,11-22H2,1-9H3,(H,68,69)/t23-,24-,25-,27-,28-,29+,30-,31+,32-,33-,34-,35+,36+,37-,38-,39-,40-,41-,42+,43+,44-,45-,46+,47+,48+,51+,52+,53-,54-,55+/m1/s1. The van der Waals surface area contributed by atoms with Crippen molar-refractivity contribution in [2.45, 2.75) is 262 Å². The number of fused-ring (bicyclic) bond motifs is 7. The molecular weight excluding hydrogens is 1010 g/mol. The maximum absolute atomic E-state index is 13.2. The summed E-state index contributed by atoms with van der Waals surface area (Å²) in [7, 11) is 0. The van der Waals surface area contributed by atoms with Crippen LogP contribution in [0, 0.1) is 50.2 Å². The van der Waals surface area contributed by atoms with Gasteiger partial charge in [0.2, 0.25) is 0 Å². The number of ether oxygens (including phenoxy) is 8. The zero-order chi connectivity index (χ0) is 56.4. The number of rotatable bonds is 12. The first-order valence-corrected chi connectivity index (χ1v) is 28.1. The molecule has 0 radical (unpaired) electrons. The van der Waals surface area contributed by atoms with Gasteiger partial charge in [-0.1, -0.05) is 53.2 Å². The van der Waals surface area contributed by atoms with Crippen LogP contribution in [0.2, 0.25) is 0 Å². The van der Waals surface area contributed by atoms with Crippen LogP contribution in [0.4, 0.5) is 0 Å². The molecule has 5 aliphatic carbocycles. The van der Waals surface area contributed by atoms with Crippen molar-refractivity contribution in [3.8, 4) is 0 Å². The highest BCUT2D eigenvalue weighted by molar-refractivity contribution is 5.76. The van der Waals surface area contributed by atoms with Gasteiger partial charge >= 0.3 is 5.97 Å². The largest absolute Gasteiger partial charge is 0.481 e. The Bertz CT molecular complexity index is 2130. The Morgan fingerprint density at radius 3 is 1.90 bits per heavy atom. The lowest BCUT2D eigenvalue weighted by Crippen LogP contribution is -2.68. The van der Waals surface area contributed by atoms with E-state index in [0.717, 1.165) is 38.5 Å². The number of allylic oxidation sites excluding steroid dienone is 2. The highest BCUT2D eigenvalue weighted by Gasteiger charge is 2.70. The Kier molecular flexibility index (Phi) is 16.8. The number of hydrogen-bond acceptors (Lipinski definition) is 21. The Labute approximate surface area is 450 Å². The molecule has 22 nitrogen and oxygen atoms in total. The van der Waals surface area contributed by atoms with Crippen molar-refractivity contribution in [2.24, 2.45) is 50.2 Å². The average molecular weight is 1100 g/mol. The molecule has 442 valence electrons. The van der Waals surface area contributed by atoms with E-state index in [0.29, 0.717) is 25.7 Å². The van der Waals surface area contributed by atoms with Crippen molar-refractivity contribution >= 4 is 5.97 Å². The Morgan fingerprint density at radius 1 is 0.636 bits per heavy atom. The van der Waals surface area contributed by atoms with Gasteiger partial charge in [-0.25, -0.2) is 0 Å². The van der Waals surface area contributed by atoms with Gasteiger partial charge in [-0.3, -0.25) is 4.79 Å². The van der Waals surface area contributed by atoms with E-state index >= 15 is 0 Å². The van der Waals surface area contributed by atoms with Gasteiger partial charge in [0.05, 0.1) is 43.0 Å². The highest BCUT2D eigenvalue weighted by Crippen LogP contribution is 2.76. The first kappa shape index (κ1) is 60.0. The van der Waals surface area contributed by atoms with Gasteiger partial charge in [-0.2, -0.15) is 0 Å². The lowest BCUT2D eigenvalue weighted by atomic mass is 9.33. The highest BCUT2D eigenvalue weighted by atomic mass is 16.8. The van der Waals surface area contributed by atoms with Crippen LogP contribution >= 0.6 is 0 Å². The lowest BCUT2D eigenvalue weighted by Gasteiger charge is -2.71. The molecule has 0 amide bonds. The van der Waals surface area contributed by atoms with Gasteiger partial charge in [-0.05, 0) is 124 Å². The van der Waals surface area contributed by atoms with Gasteiger partial charge in [0.15, 0.2) is 25.2 Å². The van der Waals surface area contributed by atoms with Crippen molar-refractivity contribution in [1.82, 2.24) is 0 Å². The van der Waals surface area contributed by atoms with Crippen LogP contribution in [0.15, 0.2) is 11.6 Å². The zero-order valence-corrected chi connectivity index (χ0v) is 46.0. The van der Waals surface area contributed by atoms with Crippen molar-refractivity contribution in [3.05, 3.63) is 11.6 Å². The van der Waals surface area contributed by atoms with Crippen LogP contribution in [0.3, 0.4) is 0 Å². The summed E-state index contributed by atoms with van der Waals surface area (Å²) in [6, 6.07) is 0. The monoisotopic (exact) mass is 1100 g/mol. The van der Waals surface area contributed by atoms with E-state index in [9.17, 15) is 71.2 Å². The summed E-state index contributed by atoms with van der Waals surface area (Å²) in [5.41, 5.74) is -1.00. The van der Waals surface area contributed by atoms with E-state index in [2.05, 4.69) is 40.7 Å². The fourth-order valence-electron chi connectivity index (χ4n) is 16.8. The maximum atomic E-state index is 13.2. The topological polar surface area (TPSA) is 354 Å². The number of carboxylic acid groups (broad SMARTS) is 1. The van der Waals surface area contributed by atoms with E-state index in [4.69, 9.17) is 37.9 Å². The molecule has 77 heavy (non-hydrogen) atoms. The third-order valence-corrected chi connectivity index (χ3v) is 21.9. The Morgan fingerprint density at radius 2 is 1.23 bits per heavy atom. The van der Waals surface area contributed by atoms with E-state index < -0.39 is 158 Å². The number of aliphatic carboxylic acids is 1. The van der Waals surface area contributed by atoms with Gasteiger partial charge in [-0.15, -0.1) is 0 Å². The van der Waals surface area contributed by atoms with Crippen molar-refractivity contribution in [3.63, 3.8) is 0 Å². The van der Waals surface area contributed by atoms with Crippen molar-refractivity contribution in [2.75, 3.05) is 13.2 Å². The molecule has 4 saturated carbocycles. The van der Waals surface area contributed by atoms with E-state index in [1.807, 2.05) is 6.92 Å². The third kappa shape index (κ3) is 9.71. The second kappa shape index (κ2) is 21.6. The molecule has 30 atom stereocenters. The maximum Gasteiger partial charge on any atom is 0.310 e. The molecule has 0 bridgehead atoms. The SMILES string of the molecule is C[C@H]1O[C@@H](O)[C@H](O[C@@H]2O[C@H](C)[C@@H](O)[C@H](O[C@@H]3O[C@H]([C@@H](C)O[C@H]4CC[C@@]5(C)[C@H](CC[C@]6(C)[C@@H]5CC=C5[C@H]7CC(C)(C)CC[C@]7(C(=O)O)CC[C@]56C)[C@]4(C)CO)[C@@H](O[C@@H]4O[C@H](CO)[C@@H](O)[C@H](O)[C@H]4O)[C@H](O)[C@H]3O)[C@H]2O)[C@@H](O)[C@@H]1O. The summed E-state index contributed by atoms with van der Waals surface area (Å²) in [4.78, 5) is 13.2. The lowest BCUT2D eigenvalue weighted by molar-refractivity contribution is -0.393. The molecular formula is C55H90O22. The Balaban J connectivity index is 0.981. The molecule has 22 heteroatoms. The average Bonchev–Trinajstić information content (AvgIpc) is 3.39. The minimum absolute atomic E-state index is 0.0187. The minimum Gasteiger partial charge on any atom is -0.481 e. The quantitative estimate of drug-likeness (QED) is 0.114. The fraction of sp³-hybridized carbons (Fsp3) is 0.945. The summed E-state index contributed by atoms with van der Waals surface area (Å²) in [5, 5.41) is 144. The predicted molar refractivity (Wildman–Crippen MR) is 266 cm³/mol. The first-order chi connectivity index (χ1) is 35.9. The molecule has 4 saturated heterocycles. The summed E-state index contributed by atoms with van der Waals surface area (Å²) in [6.45, 7) is 17.1. The van der Waals surface area contributed by atoms with Gasteiger partial charge in [0.1, 0.15) is 85.5 Å². The van der Waals surface area contributed by atoms with E-state index in [-0.39, 0.29) is 46.0 Å². The number of carbonyl (C=O) groups is 1. The zero-order valence-electron chi connectivity index (χ0n) is 46.0. The van der Waals surface area contributed by atoms with Gasteiger partial charge in [0, 0.05) is 5.41 Å². The molecule has 0 aromatic rings. The van der Waals surface area contributed by atoms with Crippen LogP contribution in [-0.4, -0.2) is 221 Å². The van der Waals surface area contributed by atoms with Gasteiger partial charge < -0.3 is 104 Å². The van der Waals surface area contributed by atoms with Crippen LogP contribution < -0.4 is 0 Å². The predicted octanol–water partition coefficient (Wildman–Crippen LogP) is -0.0535. The van der Waals surface area contributed by atoms with Crippen LogP contribution in [-0.2, 0) is 42.7 Å². The first-order valence-electron chi connectivity index (χ1n) is 28.1. The molecule has 0 aromatic carbocycles. The van der Waals surface area contributed by atoms with Crippen molar-refractivity contribution < 1.29 is 109 Å². The van der Waals surface area contributed by atoms with Crippen molar-refractivity contribution in [1.29, 1.82) is 0 Å². The molecule has 4 aliphatic heterocycles. The van der Waals surface area contributed by atoms with E-state index in [1.54, 1.807) is 6.92 Å². The smallest absolute Gasteiger partial charge is 0.310 e. The van der Waals surface area contributed by atoms with Gasteiger partial charge in [0.25, 0.3) is 0 Å². The van der Waals surface area contributed by atoms with Crippen LogP contribution in [0.5, 0.6) is 0 Å². The molecule has 4 heterocycles. The number of hydrogen-bond donors (Lipinski definition) is 13. The normalized spacial score (nSPS) is 55.2. The summed E-state index contributed by atoms with van der Waals surface area (Å²) in [6.07, 6.45) is -25.5. The minimum atomic E-state index is -2.03. The molecule has 9 rings (SSSR count). The molecule has 0 unspecified atom stereocenters. The fourth-order valence-corrected chi connectivity index (χ4v) is 16.8. The third-order valence-electron chi connectivity index (χ3n) is 21.9. The number of aliphatic hydroxyl groups excluding tert-OH is 12. The molecule has 8 fully saturated rings. The summed E-state index contributed by atoms with van der Waals surface area (Å²) in [5.74, 6) is -0.601. The molecule has 13 N–H and O–H groups in total. The van der Waals surface area contributed by atoms with Crippen LogP contribution in [0.25, 0.3) is 0 Å². The van der Waals surface area contributed by atoms with E-state index in [1.165, 1.54) is 19.4 Å². The summed E-state index contributed by atoms with van der Waals surface area (Å²) < 4.78 is 48.3. The Hall–Kier alpha value is -1.59. The summed E-state index contributed by atoms with van der Waals surface area (Å²) >= 11 is 0.